The molecule has 0 heterocycles. The van der Waals surface area contributed by atoms with Crippen molar-refractivity contribution in [3.05, 3.63) is 0 Å². The summed E-state index contributed by atoms with van der Waals surface area (Å²) in [6, 6.07) is 0. The second-order valence-corrected chi connectivity index (χ2v) is 3.12. The molecule has 72 valence electrons. The average molecular weight is 172 g/mol. The van der Waals surface area contributed by atoms with E-state index in [1.54, 1.807) is 6.92 Å². The summed E-state index contributed by atoms with van der Waals surface area (Å²) < 4.78 is 5.31. The van der Waals surface area contributed by atoms with Gasteiger partial charge in [-0.05, 0) is 26.2 Å². The van der Waals surface area contributed by atoms with Crippen molar-refractivity contribution >= 4 is 5.78 Å². The largest absolute Gasteiger partial charge is 0.381 e. The van der Waals surface area contributed by atoms with Gasteiger partial charge in [0.15, 0.2) is 0 Å². The number of ether oxygens (including phenoxy) is 1. The van der Waals surface area contributed by atoms with E-state index in [4.69, 9.17) is 4.74 Å². The maximum Gasteiger partial charge on any atom is 0.132 e. The Bertz CT molecular complexity index is 121. The second-order valence-electron chi connectivity index (χ2n) is 3.12. The summed E-state index contributed by atoms with van der Waals surface area (Å²) in [7, 11) is 0. The van der Waals surface area contributed by atoms with Crippen LogP contribution in [0.5, 0.6) is 0 Å². The molecule has 0 saturated carbocycles. The first kappa shape index (κ1) is 11.6. The molecule has 0 N–H and O–H groups in total. The maximum absolute atomic E-state index is 11.0. The quantitative estimate of drug-likeness (QED) is 0.551. The molecule has 0 fully saturated rings. The Morgan fingerprint density at radius 1 is 1.33 bits per heavy atom. The molecule has 0 aromatic carbocycles. The van der Waals surface area contributed by atoms with Crippen LogP contribution in [0.15, 0.2) is 0 Å². The lowest BCUT2D eigenvalue weighted by molar-refractivity contribution is -0.121. The molecule has 0 bridgehead atoms. The van der Waals surface area contributed by atoms with Crippen molar-refractivity contribution in [3.8, 4) is 0 Å². The first-order valence-electron chi connectivity index (χ1n) is 4.80. The van der Waals surface area contributed by atoms with Crippen LogP contribution in [0, 0.1) is 5.92 Å². The zero-order valence-corrected chi connectivity index (χ0v) is 8.43. The molecule has 0 aliphatic carbocycles. The topological polar surface area (TPSA) is 26.3 Å². The Balaban J connectivity index is 3.38. The Kier molecular flexibility index (Phi) is 7.06. The van der Waals surface area contributed by atoms with Gasteiger partial charge in [-0.3, -0.25) is 4.79 Å². The lowest BCUT2D eigenvalue weighted by atomic mass is 9.99. The number of rotatable bonds is 7. The number of ketones is 1. The SMILES string of the molecule is CCCOCCC(CC)C(C)=O. The molecule has 0 aliphatic heterocycles. The summed E-state index contributed by atoms with van der Waals surface area (Å²) in [5.41, 5.74) is 0. The molecule has 2 nitrogen and oxygen atoms in total. The number of carbonyl (C=O) groups excluding carboxylic acids is 1. The third-order valence-corrected chi connectivity index (χ3v) is 2.03. The monoisotopic (exact) mass is 172 g/mol. The van der Waals surface area contributed by atoms with Crippen molar-refractivity contribution < 1.29 is 9.53 Å². The minimum absolute atomic E-state index is 0.210. The zero-order chi connectivity index (χ0) is 9.40. The van der Waals surface area contributed by atoms with E-state index in [2.05, 4.69) is 6.92 Å². The van der Waals surface area contributed by atoms with Gasteiger partial charge in [0.1, 0.15) is 5.78 Å². The molecule has 0 aromatic heterocycles. The summed E-state index contributed by atoms with van der Waals surface area (Å²) in [4.78, 5) is 11.0. The van der Waals surface area contributed by atoms with Gasteiger partial charge in [-0.1, -0.05) is 13.8 Å². The molecule has 1 atom stereocenters. The highest BCUT2D eigenvalue weighted by Gasteiger charge is 2.10. The van der Waals surface area contributed by atoms with Crippen LogP contribution in [0.4, 0.5) is 0 Å². The smallest absolute Gasteiger partial charge is 0.132 e. The van der Waals surface area contributed by atoms with Crippen LogP contribution in [0.3, 0.4) is 0 Å². The van der Waals surface area contributed by atoms with Crippen LogP contribution >= 0.6 is 0 Å². The molecule has 0 aliphatic rings. The van der Waals surface area contributed by atoms with E-state index in [-0.39, 0.29) is 11.7 Å². The van der Waals surface area contributed by atoms with Gasteiger partial charge in [0.05, 0.1) is 0 Å². The van der Waals surface area contributed by atoms with Gasteiger partial charge >= 0.3 is 0 Å². The van der Waals surface area contributed by atoms with Gasteiger partial charge in [-0.2, -0.15) is 0 Å². The lowest BCUT2D eigenvalue weighted by Gasteiger charge is -2.10. The summed E-state index contributed by atoms with van der Waals surface area (Å²) in [5.74, 6) is 0.499. The van der Waals surface area contributed by atoms with Crippen molar-refractivity contribution in [2.45, 2.75) is 40.0 Å². The van der Waals surface area contributed by atoms with Crippen molar-refractivity contribution in [3.63, 3.8) is 0 Å². The summed E-state index contributed by atoms with van der Waals surface area (Å²) in [5, 5.41) is 0. The van der Waals surface area contributed by atoms with Crippen LogP contribution in [-0.4, -0.2) is 19.0 Å². The molecule has 0 amide bonds. The van der Waals surface area contributed by atoms with Gasteiger partial charge in [-0.25, -0.2) is 0 Å². The van der Waals surface area contributed by atoms with E-state index in [9.17, 15) is 4.79 Å². The first-order chi connectivity index (χ1) is 5.72. The Labute approximate surface area is 75.3 Å². The summed E-state index contributed by atoms with van der Waals surface area (Å²) in [6.07, 6.45) is 2.87. The molecule has 1 unspecified atom stereocenters. The second kappa shape index (κ2) is 7.29. The first-order valence-corrected chi connectivity index (χ1v) is 4.80. The van der Waals surface area contributed by atoms with E-state index in [0.717, 1.165) is 32.5 Å². The number of hydrogen-bond donors (Lipinski definition) is 0. The normalized spacial score (nSPS) is 12.9. The minimum atomic E-state index is 0.210. The summed E-state index contributed by atoms with van der Waals surface area (Å²) >= 11 is 0. The van der Waals surface area contributed by atoms with E-state index in [1.165, 1.54) is 0 Å². The number of Topliss-reactive ketones (excluding diaryl/α,β-unsaturated/α-hetero) is 1. The van der Waals surface area contributed by atoms with Gasteiger partial charge in [0, 0.05) is 19.1 Å². The van der Waals surface area contributed by atoms with Crippen LogP contribution < -0.4 is 0 Å². The highest BCUT2D eigenvalue weighted by atomic mass is 16.5. The number of carbonyl (C=O) groups is 1. The molecule has 0 saturated heterocycles. The van der Waals surface area contributed by atoms with Gasteiger partial charge in [0.2, 0.25) is 0 Å². The van der Waals surface area contributed by atoms with Crippen LogP contribution in [0.25, 0.3) is 0 Å². The molecule has 0 rings (SSSR count). The summed E-state index contributed by atoms with van der Waals surface area (Å²) in [6.45, 7) is 7.34. The molecule has 0 spiro atoms. The molecular formula is C10H20O2. The van der Waals surface area contributed by atoms with E-state index in [0.29, 0.717) is 0 Å². The number of hydrogen-bond acceptors (Lipinski definition) is 2. The molecular weight excluding hydrogens is 152 g/mol. The third-order valence-electron chi connectivity index (χ3n) is 2.03. The standard InChI is InChI=1S/C10H20O2/c1-4-7-12-8-6-10(5-2)9(3)11/h10H,4-8H2,1-3H3. The molecule has 2 heteroatoms. The van der Waals surface area contributed by atoms with Gasteiger partial charge < -0.3 is 4.74 Å². The van der Waals surface area contributed by atoms with E-state index >= 15 is 0 Å². The third kappa shape index (κ3) is 5.30. The fourth-order valence-electron chi connectivity index (χ4n) is 1.17. The van der Waals surface area contributed by atoms with Crippen molar-refractivity contribution in [2.24, 2.45) is 5.92 Å². The minimum Gasteiger partial charge on any atom is -0.381 e. The highest BCUT2D eigenvalue weighted by molar-refractivity contribution is 5.78. The molecule has 0 radical (unpaired) electrons. The van der Waals surface area contributed by atoms with Gasteiger partial charge in [-0.15, -0.1) is 0 Å². The molecule has 0 aromatic rings. The van der Waals surface area contributed by atoms with E-state index in [1.807, 2.05) is 6.92 Å². The fourth-order valence-corrected chi connectivity index (χ4v) is 1.17. The Hall–Kier alpha value is -0.370. The fraction of sp³-hybridized carbons (Fsp3) is 0.900. The maximum atomic E-state index is 11.0. The Morgan fingerprint density at radius 3 is 2.42 bits per heavy atom. The van der Waals surface area contributed by atoms with E-state index < -0.39 is 0 Å². The molecule has 12 heavy (non-hydrogen) atoms. The van der Waals surface area contributed by atoms with Crippen molar-refractivity contribution in [1.82, 2.24) is 0 Å². The van der Waals surface area contributed by atoms with Crippen molar-refractivity contribution in [1.29, 1.82) is 0 Å². The van der Waals surface area contributed by atoms with Crippen LogP contribution in [0.2, 0.25) is 0 Å². The zero-order valence-electron chi connectivity index (χ0n) is 8.43. The Morgan fingerprint density at radius 2 is 2.00 bits per heavy atom. The van der Waals surface area contributed by atoms with Crippen molar-refractivity contribution in [2.75, 3.05) is 13.2 Å². The average Bonchev–Trinajstić information content (AvgIpc) is 2.04. The predicted molar refractivity (Wildman–Crippen MR) is 50.2 cm³/mol. The van der Waals surface area contributed by atoms with Crippen LogP contribution in [0.1, 0.15) is 40.0 Å². The predicted octanol–water partition coefficient (Wildman–Crippen LogP) is 2.42. The lowest BCUT2D eigenvalue weighted by Crippen LogP contribution is -2.12. The van der Waals surface area contributed by atoms with Gasteiger partial charge in [0.25, 0.3) is 0 Å². The van der Waals surface area contributed by atoms with Crippen LogP contribution in [-0.2, 0) is 9.53 Å². The highest BCUT2D eigenvalue weighted by Crippen LogP contribution is 2.09.